The van der Waals surface area contributed by atoms with E-state index in [1.54, 1.807) is 11.8 Å². The molecule has 1 aromatic rings. The predicted molar refractivity (Wildman–Crippen MR) is 60.7 cm³/mol. The first-order chi connectivity index (χ1) is 7.29. The molecule has 15 heavy (non-hydrogen) atoms. The highest BCUT2D eigenvalue weighted by Crippen LogP contribution is 2.38. The first kappa shape index (κ1) is 11.0. The molecule has 0 bridgehead atoms. The highest BCUT2D eigenvalue weighted by molar-refractivity contribution is 7.98. The van der Waals surface area contributed by atoms with Crippen molar-refractivity contribution in [1.29, 1.82) is 0 Å². The molecular weight excluding hydrogens is 210 g/mol. The highest BCUT2D eigenvalue weighted by Gasteiger charge is 2.28. The zero-order valence-electron chi connectivity index (χ0n) is 8.98. The van der Waals surface area contributed by atoms with Gasteiger partial charge in [0.1, 0.15) is 0 Å². The van der Waals surface area contributed by atoms with Crippen molar-refractivity contribution < 1.29 is 4.52 Å². The average Bonchev–Trinajstić information content (AvgIpc) is 2.99. The lowest BCUT2D eigenvalue weighted by Gasteiger charge is -2.05. The number of hydrogen-bond donors (Lipinski definition) is 1. The van der Waals surface area contributed by atoms with E-state index in [2.05, 4.69) is 17.1 Å². The van der Waals surface area contributed by atoms with Crippen LogP contribution in [0.5, 0.6) is 0 Å². The van der Waals surface area contributed by atoms with Gasteiger partial charge in [-0.15, -0.1) is 0 Å². The summed E-state index contributed by atoms with van der Waals surface area (Å²) in [4.78, 5) is 4.36. The summed E-state index contributed by atoms with van der Waals surface area (Å²) in [5.74, 6) is 3.95. The van der Waals surface area contributed by atoms with Crippen LogP contribution in [0.1, 0.15) is 43.8 Å². The van der Waals surface area contributed by atoms with Crippen molar-refractivity contribution in [1.82, 2.24) is 10.1 Å². The lowest BCUT2D eigenvalue weighted by Crippen LogP contribution is -2.21. The van der Waals surface area contributed by atoms with Crippen molar-refractivity contribution in [2.45, 2.75) is 43.9 Å². The predicted octanol–water partition coefficient (Wildman–Crippen LogP) is 1.92. The molecule has 2 rings (SSSR count). The van der Waals surface area contributed by atoms with E-state index in [1.165, 1.54) is 12.8 Å². The Kier molecular flexibility index (Phi) is 3.64. The zero-order valence-corrected chi connectivity index (χ0v) is 9.80. The molecule has 1 saturated carbocycles. The molecular formula is C10H17N3OS. The smallest absolute Gasteiger partial charge is 0.236 e. The topological polar surface area (TPSA) is 64.9 Å². The van der Waals surface area contributed by atoms with Gasteiger partial charge in [0, 0.05) is 17.7 Å². The Labute approximate surface area is 94.0 Å². The maximum atomic E-state index is 5.81. The van der Waals surface area contributed by atoms with Crippen molar-refractivity contribution in [3.63, 3.8) is 0 Å². The molecule has 1 aromatic heterocycles. The highest BCUT2D eigenvalue weighted by atomic mass is 32.2. The number of thioether (sulfide) groups is 1. The van der Waals surface area contributed by atoms with Crippen LogP contribution < -0.4 is 5.73 Å². The standard InChI is InChI=1S/C10H17N3OS/c1-2-8(11)5-15-6-9-12-10(13-14-9)7-3-4-7/h7-8H,2-6,11H2,1H3. The maximum Gasteiger partial charge on any atom is 0.236 e. The molecule has 1 aliphatic carbocycles. The summed E-state index contributed by atoms with van der Waals surface area (Å²) in [6, 6.07) is 0.279. The van der Waals surface area contributed by atoms with E-state index in [9.17, 15) is 0 Å². The Morgan fingerprint density at radius 1 is 1.60 bits per heavy atom. The molecule has 1 aliphatic rings. The third-order valence-corrected chi connectivity index (χ3v) is 3.62. The molecule has 0 amide bonds. The molecule has 2 N–H and O–H groups in total. The van der Waals surface area contributed by atoms with Crippen molar-refractivity contribution in [3.8, 4) is 0 Å². The molecule has 1 heterocycles. The van der Waals surface area contributed by atoms with E-state index in [0.717, 1.165) is 29.6 Å². The third-order valence-electron chi connectivity index (χ3n) is 2.51. The second-order valence-corrected chi connectivity index (χ2v) is 5.03. The number of nitrogens with zero attached hydrogens (tertiary/aromatic N) is 2. The summed E-state index contributed by atoms with van der Waals surface area (Å²) in [5, 5.41) is 3.97. The number of aromatic nitrogens is 2. The van der Waals surface area contributed by atoms with Crippen molar-refractivity contribution in [3.05, 3.63) is 11.7 Å². The Bertz CT molecular complexity index is 311. The molecule has 1 unspecified atom stereocenters. The minimum Gasteiger partial charge on any atom is -0.338 e. The van der Waals surface area contributed by atoms with E-state index in [-0.39, 0.29) is 6.04 Å². The van der Waals surface area contributed by atoms with Gasteiger partial charge in [-0.25, -0.2) is 0 Å². The SMILES string of the molecule is CCC(N)CSCc1nc(C2CC2)no1. The van der Waals surface area contributed by atoms with Crippen LogP contribution in [-0.2, 0) is 5.75 Å². The summed E-state index contributed by atoms with van der Waals surface area (Å²) in [6.45, 7) is 2.10. The number of nitrogens with two attached hydrogens (primary N) is 1. The second-order valence-electron chi connectivity index (χ2n) is 4.00. The fraction of sp³-hybridized carbons (Fsp3) is 0.800. The fourth-order valence-corrected chi connectivity index (χ4v) is 2.20. The largest absolute Gasteiger partial charge is 0.338 e. The Balaban J connectivity index is 1.73. The lowest BCUT2D eigenvalue weighted by atomic mass is 10.3. The summed E-state index contributed by atoms with van der Waals surface area (Å²) in [5.41, 5.74) is 5.81. The lowest BCUT2D eigenvalue weighted by molar-refractivity contribution is 0.385. The van der Waals surface area contributed by atoms with Gasteiger partial charge in [-0.05, 0) is 19.3 Å². The van der Waals surface area contributed by atoms with Gasteiger partial charge < -0.3 is 10.3 Å². The van der Waals surface area contributed by atoms with Crippen LogP contribution in [0.4, 0.5) is 0 Å². The number of rotatable bonds is 6. The maximum absolute atomic E-state index is 5.81. The molecule has 0 saturated heterocycles. The van der Waals surface area contributed by atoms with Gasteiger partial charge in [-0.1, -0.05) is 12.1 Å². The molecule has 0 spiro atoms. The third kappa shape index (κ3) is 3.21. The Hall–Kier alpha value is -0.550. The normalized spacial score (nSPS) is 18.0. The second kappa shape index (κ2) is 4.99. The van der Waals surface area contributed by atoms with E-state index < -0.39 is 0 Å². The summed E-state index contributed by atoms with van der Waals surface area (Å²) >= 11 is 1.76. The molecule has 1 fully saturated rings. The summed E-state index contributed by atoms with van der Waals surface area (Å²) in [7, 11) is 0. The van der Waals surface area contributed by atoms with Crippen LogP contribution in [0, 0.1) is 0 Å². The van der Waals surface area contributed by atoms with Crippen LogP contribution in [0.3, 0.4) is 0 Å². The quantitative estimate of drug-likeness (QED) is 0.804. The molecule has 0 radical (unpaired) electrons. The van der Waals surface area contributed by atoms with Crippen molar-refractivity contribution in [2.75, 3.05) is 5.75 Å². The Morgan fingerprint density at radius 2 is 2.40 bits per heavy atom. The van der Waals surface area contributed by atoms with Crippen LogP contribution in [-0.4, -0.2) is 21.9 Å². The van der Waals surface area contributed by atoms with E-state index in [1.807, 2.05) is 0 Å². The molecule has 4 nitrogen and oxygen atoms in total. The van der Waals surface area contributed by atoms with E-state index >= 15 is 0 Å². The van der Waals surface area contributed by atoms with Gasteiger partial charge in [0.05, 0.1) is 5.75 Å². The molecule has 84 valence electrons. The van der Waals surface area contributed by atoms with Crippen LogP contribution in [0.15, 0.2) is 4.52 Å². The monoisotopic (exact) mass is 227 g/mol. The van der Waals surface area contributed by atoms with Gasteiger partial charge in [0.25, 0.3) is 0 Å². The van der Waals surface area contributed by atoms with Crippen LogP contribution >= 0.6 is 11.8 Å². The zero-order chi connectivity index (χ0) is 10.7. The Morgan fingerprint density at radius 3 is 3.07 bits per heavy atom. The van der Waals surface area contributed by atoms with Gasteiger partial charge >= 0.3 is 0 Å². The van der Waals surface area contributed by atoms with Crippen LogP contribution in [0.2, 0.25) is 0 Å². The van der Waals surface area contributed by atoms with Gasteiger partial charge in [0.15, 0.2) is 5.82 Å². The van der Waals surface area contributed by atoms with E-state index in [0.29, 0.717) is 5.92 Å². The average molecular weight is 227 g/mol. The van der Waals surface area contributed by atoms with Gasteiger partial charge in [-0.3, -0.25) is 0 Å². The first-order valence-corrected chi connectivity index (χ1v) is 6.61. The van der Waals surface area contributed by atoms with E-state index in [4.69, 9.17) is 10.3 Å². The molecule has 0 aliphatic heterocycles. The van der Waals surface area contributed by atoms with Crippen molar-refractivity contribution >= 4 is 11.8 Å². The van der Waals surface area contributed by atoms with Gasteiger partial charge in [-0.2, -0.15) is 16.7 Å². The molecule has 0 aromatic carbocycles. The van der Waals surface area contributed by atoms with Crippen LogP contribution in [0.25, 0.3) is 0 Å². The number of hydrogen-bond acceptors (Lipinski definition) is 5. The summed E-state index contributed by atoms with van der Waals surface area (Å²) in [6.07, 6.45) is 3.45. The van der Waals surface area contributed by atoms with Gasteiger partial charge in [0.2, 0.25) is 5.89 Å². The molecule has 5 heteroatoms. The summed E-state index contributed by atoms with van der Waals surface area (Å²) < 4.78 is 5.16. The first-order valence-electron chi connectivity index (χ1n) is 5.45. The fourth-order valence-electron chi connectivity index (χ4n) is 1.25. The molecule has 1 atom stereocenters. The minimum absolute atomic E-state index is 0.279. The minimum atomic E-state index is 0.279. The van der Waals surface area contributed by atoms with Crippen molar-refractivity contribution in [2.24, 2.45) is 5.73 Å².